The van der Waals surface area contributed by atoms with Crippen LogP contribution in [0.3, 0.4) is 0 Å². The zero-order valence-electron chi connectivity index (χ0n) is 10.2. The third-order valence-electron chi connectivity index (χ3n) is 2.79. The Kier molecular flexibility index (Phi) is 4.78. The second kappa shape index (κ2) is 6.15. The van der Waals surface area contributed by atoms with E-state index in [1.807, 2.05) is 32.3 Å². The zero-order chi connectivity index (χ0) is 13.1. The van der Waals surface area contributed by atoms with Gasteiger partial charge in [0.05, 0.1) is 5.02 Å². The fourth-order valence-electron chi connectivity index (χ4n) is 1.75. The summed E-state index contributed by atoms with van der Waals surface area (Å²) in [7, 11) is 1.95. The molecule has 0 aliphatic carbocycles. The van der Waals surface area contributed by atoms with Gasteiger partial charge in [-0.3, -0.25) is 4.98 Å². The maximum atomic E-state index is 6.32. The summed E-state index contributed by atoms with van der Waals surface area (Å²) in [5.41, 5.74) is 2.19. The van der Waals surface area contributed by atoms with Gasteiger partial charge in [-0.25, -0.2) is 0 Å². The number of thiophene rings is 1. The number of likely N-dealkylation sites (N-methyl/N-ethyl adjacent to an activating group) is 1. The molecular formula is C13H14BrClN2S. The smallest absolute Gasteiger partial charge is 0.0590 e. The van der Waals surface area contributed by atoms with E-state index in [4.69, 9.17) is 11.6 Å². The van der Waals surface area contributed by atoms with E-state index < -0.39 is 0 Å². The average molecular weight is 346 g/mol. The van der Waals surface area contributed by atoms with Gasteiger partial charge in [0.2, 0.25) is 0 Å². The first-order valence-electron chi connectivity index (χ1n) is 5.63. The lowest BCUT2D eigenvalue weighted by atomic mass is 10.1. The minimum absolute atomic E-state index is 0.213. The molecule has 0 aliphatic heterocycles. The molecule has 0 bridgehead atoms. The number of hydrogen-bond acceptors (Lipinski definition) is 3. The van der Waals surface area contributed by atoms with Crippen LogP contribution in [0.2, 0.25) is 5.02 Å². The van der Waals surface area contributed by atoms with Gasteiger partial charge < -0.3 is 5.32 Å². The molecule has 1 atom stereocenters. The van der Waals surface area contributed by atoms with E-state index in [0.717, 1.165) is 27.2 Å². The highest BCUT2D eigenvalue weighted by Crippen LogP contribution is 2.33. The van der Waals surface area contributed by atoms with Crippen molar-refractivity contribution in [1.29, 1.82) is 0 Å². The van der Waals surface area contributed by atoms with Gasteiger partial charge in [0.1, 0.15) is 0 Å². The number of pyridine rings is 1. The summed E-state index contributed by atoms with van der Waals surface area (Å²) in [6.07, 6.45) is 2.66. The number of aromatic nitrogens is 1. The van der Waals surface area contributed by atoms with Crippen LogP contribution >= 0.6 is 38.9 Å². The number of hydrogen-bond donors (Lipinski definition) is 1. The standard InChI is InChI=1S/C13H14BrClN2S/c1-8-7-18-13(12(8)15)11(16-2)5-10-4-3-9(14)6-17-10/h3-4,6-7,11,16H,5H2,1-2H3. The van der Waals surface area contributed by atoms with E-state index in [0.29, 0.717) is 0 Å². The first kappa shape index (κ1) is 14.0. The Hall–Kier alpha value is -0.420. The van der Waals surface area contributed by atoms with Crippen LogP contribution in [-0.4, -0.2) is 12.0 Å². The van der Waals surface area contributed by atoms with E-state index in [9.17, 15) is 0 Å². The summed E-state index contributed by atoms with van der Waals surface area (Å²) < 4.78 is 0.997. The van der Waals surface area contributed by atoms with Gasteiger partial charge in [0.15, 0.2) is 0 Å². The number of halogens is 2. The fraction of sp³-hybridized carbons (Fsp3) is 0.308. The van der Waals surface area contributed by atoms with E-state index in [-0.39, 0.29) is 6.04 Å². The molecule has 0 fully saturated rings. The first-order valence-corrected chi connectivity index (χ1v) is 7.68. The quantitative estimate of drug-likeness (QED) is 0.890. The topological polar surface area (TPSA) is 24.9 Å². The molecule has 5 heteroatoms. The first-order chi connectivity index (χ1) is 8.61. The van der Waals surface area contributed by atoms with Crippen LogP contribution in [0.5, 0.6) is 0 Å². The molecule has 1 unspecified atom stereocenters. The van der Waals surface area contributed by atoms with Crippen LogP contribution in [0.4, 0.5) is 0 Å². The second-order valence-electron chi connectivity index (χ2n) is 4.11. The van der Waals surface area contributed by atoms with Gasteiger partial charge in [-0.15, -0.1) is 11.3 Å². The van der Waals surface area contributed by atoms with Crippen molar-refractivity contribution in [3.8, 4) is 0 Å². The lowest BCUT2D eigenvalue weighted by Crippen LogP contribution is -2.18. The molecule has 2 aromatic heterocycles. The van der Waals surface area contributed by atoms with Gasteiger partial charge >= 0.3 is 0 Å². The number of aryl methyl sites for hydroxylation is 1. The summed E-state index contributed by atoms with van der Waals surface area (Å²) in [4.78, 5) is 5.58. The molecule has 2 nitrogen and oxygen atoms in total. The van der Waals surface area contributed by atoms with Crippen molar-refractivity contribution in [2.75, 3.05) is 7.05 Å². The van der Waals surface area contributed by atoms with Gasteiger partial charge in [0.25, 0.3) is 0 Å². The van der Waals surface area contributed by atoms with Crippen molar-refractivity contribution in [2.45, 2.75) is 19.4 Å². The average Bonchev–Trinajstić information content (AvgIpc) is 2.70. The molecule has 0 saturated heterocycles. The Balaban J connectivity index is 2.19. The van der Waals surface area contributed by atoms with Gasteiger partial charge in [0, 0.05) is 33.7 Å². The Bertz CT molecular complexity index is 524. The van der Waals surface area contributed by atoms with Crippen molar-refractivity contribution in [3.05, 3.63) is 49.3 Å². The van der Waals surface area contributed by atoms with Crippen LogP contribution in [0.1, 0.15) is 22.2 Å². The van der Waals surface area contributed by atoms with E-state index in [1.165, 1.54) is 4.88 Å². The predicted molar refractivity (Wildman–Crippen MR) is 81.5 cm³/mol. The normalized spacial score (nSPS) is 12.7. The molecule has 0 aromatic carbocycles. The third-order valence-corrected chi connectivity index (χ3v) is 5.09. The molecule has 2 heterocycles. The van der Waals surface area contributed by atoms with Gasteiger partial charge in [-0.2, -0.15) is 0 Å². The molecule has 1 N–H and O–H groups in total. The molecule has 0 aliphatic rings. The van der Waals surface area contributed by atoms with Crippen molar-refractivity contribution < 1.29 is 0 Å². The van der Waals surface area contributed by atoms with E-state index in [2.05, 4.69) is 31.6 Å². The Morgan fingerprint density at radius 3 is 2.78 bits per heavy atom. The summed E-state index contributed by atoms with van der Waals surface area (Å²) in [5, 5.41) is 6.28. The van der Waals surface area contributed by atoms with Crippen LogP contribution < -0.4 is 5.32 Å². The maximum absolute atomic E-state index is 6.32. The Morgan fingerprint density at radius 2 is 2.28 bits per heavy atom. The van der Waals surface area contributed by atoms with Crippen LogP contribution in [0.25, 0.3) is 0 Å². The highest BCUT2D eigenvalue weighted by molar-refractivity contribution is 9.10. The van der Waals surface area contributed by atoms with E-state index >= 15 is 0 Å². The van der Waals surface area contributed by atoms with Crippen molar-refractivity contribution in [3.63, 3.8) is 0 Å². The lowest BCUT2D eigenvalue weighted by molar-refractivity contribution is 0.594. The van der Waals surface area contributed by atoms with Crippen LogP contribution in [-0.2, 0) is 6.42 Å². The molecule has 0 saturated carbocycles. The van der Waals surface area contributed by atoms with Gasteiger partial charge in [-0.1, -0.05) is 11.6 Å². The number of nitrogens with zero attached hydrogens (tertiary/aromatic N) is 1. The predicted octanol–water partition coefficient (Wildman–Crippen LogP) is 4.37. The minimum atomic E-state index is 0.213. The summed E-state index contributed by atoms with van der Waals surface area (Å²) in [6, 6.07) is 4.25. The van der Waals surface area contributed by atoms with Gasteiger partial charge in [-0.05, 0) is 53.0 Å². The Labute approximate surface area is 125 Å². The van der Waals surface area contributed by atoms with Crippen molar-refractivity contribution >= 4 is 38.9 Å². The van der Waals surface area contributed by atoms with Crippen LogP contribution in [0, 0.1) is 6.92 Å². The minimum Gasteiger partial charge on any atom is -0.312 e. The Morgan fingerprint density at radius 1 is 1.50 bits per heavy atom. The number of nitrogens with one attached hydrogen (secondary N) is 1. The molecular weight excluding hydrogens is 332 g/mol. The summed E-state index contributed by atoms with van der Waals surface area (Å²) >= 11 is 11.4. The lowest BCUT2D eigenvalue weighted by Gasteiger charge is -2.15. The molecule has 0 amide bonds. The highest BCUT2D eigenvalue weighted by Gasteiger charge is 2.17. The molecule has 2 aromatic rings. The monoisotopic (exact) mass is 344 g/mol. The second-order valence-corrected chi connectivity index (χ2v) is 6.31. The van der Waals surface area contributed by atoms with Crippen molar-refractivity contribution in [2.24, 2.45) is 0 Å². The molecule has 18 heavy (non-hydrogen) atoms. The SMILES string of the molecule is CNC(Cc1ccc(Br)cn1)c1scc(C)c1Cl. The molecule has 0 spiro atoms. The molecule has 2 rings (SSSR count). The third kappa shape index (κ3) is 3.12. The largest absolute Gasteiger partial charge is 0.312 e. The highest BCUT2D eigenvalue weighted by atomic mass is 79.9. The maximum Gasteiger partial charge on any atom is 0.0590 e. The van der Waals surface area contributed by atoms with E-state index in [1.54, 1.807) is 11.3 Å². The fourth-order valence-corrected chi connectivity index (χ4v) is 3.42. The molecule has 0 radical (unpaired) electrons. The van der Waals surface area contributed by atoms with Crippen LogP contribution in [0.15, 0.2) is 28.2 Å². The zero-order valence-corrected chi connectivity index (χ0v) is 13.4. The number of rotatable bonds is 4. The van der Waals surface area contributed by atoms with Crippen molar-refractivity contribution in [1.82, 2.24) is 10.3 Å². The summed E-state index contributed by atoms with van der Waals surface area (Å²) in [5.74, 6) is 0. The molecule has 96 valence electrons. The summed E-state index contributed by atoms with van der Waals surface area (Å²) in [6.45, 7) is 2.03.